The smallest absolute Gasteiger partial charge is 0.356 e. The van der Waals surface area contributed by atoms with Crippen LogP contribution in [0.25, 0.3) is 10.9 Å². The number of carbonyl (C=O) groups is 1. The highest BCUT2D eigenvalue weighted by atomic mass is 16.5. The zero-order valence-corrected chi connectivity index (χ0v) is 14.2. The number of ether oxygens (including phenoxy) is 3. The first-order chi connectivity index (χ1) is 12.1. The third-order valence-electron chi connectivity index (χ3n) is 3.74. The molecule has 0 aliphatic heterocycles. The Morgan fingerprint density at radius 1 is 0.960 bits per heavy atom. The van der Waals surface area contributed by atoms with Crippen molar-refractivity contribution in [1.29, 1.82) is 0 Å². The first-order valence-corrected chi connectivity index (χ1v) is 7.63. The van der Waals surface area contributed by atoms with Crippen LogP contribution in [0.15, 0.2) is 48.5 Å². The van der Waals surface area contributed by atoms with Gasteiger partial charge >= 0.3 is 5.97 Å². The summed E-state index contributed by atoms with van der Waals surface area (Å²) in [7, 11) is 4.52. The van der Waals surface area contributed by atoms with Crippen LogP contribution < -0.4 is 14.8 Å². The predicted molar refractivity (Wildman–Crippen MR) is 95.9 cm³/mol. The number of benzene rings is 2. The van der Waals surface area contributed by atoms with E-state index in [4.69, 9.17) is 14.2 Å². The van der Waals surface area contributed by atoms with Crippen LogP contribution in [0.5, 0.6) is 11.5 Å². The summed E-state index contributed by atoms with van der Waals surface area (Å²) in [4.78, 5) is 16.3. The van der Waals surface area contributed by atoms with Crippen molar-refractivity contribution in [2.75, 3.05) is 26.6 Å². The highest BCUT2D eigenvalue weighted by Gasteiger charge is 2.13. The Kier molecular flexibility index (Phi) is 4.70. The van der Waals surface area contributed by atoms with Crippen molar-refractivity contribution in [3.63, 3.8) is 0 Å². The lowest BCUT2D eigenvalue weighted by atomic mass is 10.1. The number of methoxy groups -OCH3 is 3. The van der Waals surface area contributed by atoms with E-state index in [1.807, 2.05) is 36.4 Å². The topological polar surface area (TPSA) is 69.7 Å². The minimum Gasteiger partial charge on any atom is -0.497 e. The summed E-state index contributed by atoms with van der Waals surface area (Å²) in [5, 5.41) is 4.19. The number of para-hydroxylation sites is 1. The second-order valence-electron chi connectivity index (χ2n) is 5.29. The van der Waals surface area contributed by atoms with Gasteiger partial charge in [0.25, 0.3) is 0 Å². The number of hydrogen-bond donors (Lipinski definition) is 1. The van der Waals surface area contributed by atoms with Gasteiger partial charge in [0.05, 0.1) is 32.5 Å². The van der Waals surface area contributed by atoms with Crippen molar-refractivity contribution >= 4 is 28.2 Å². The molecule has 0 unspecified atom stereocenters. The Morgan fingerprint density at radius 3 is 2.28 bits per heavy atom. The van der Waals surface area contributed by atoms with E-state index < -0.39 is 5.97 Å². The lowest BCUT2D eigenvalue weighted by Crippen LogP contribution is -2.06. The maximum atomic E-state index is 11.9. The van der Waals surface area contributed by atoms with Crippen LogP contribution in [0, 0.1) is 0 Å². The zero-order valence-electron chi connectivity index (χ0n) is 14.2. The van der Waals surface area contributed by atoms with Crippen LogP contribution in [0.4, 0.5) is 11.4 Å². The van der Waals surface area contributed by atoms with E-state index in [1.54, 1.807) is 26.4 Å². The Labute approximate surface area is 145 Å². The predicted octanol–water partition coefficient (Wildman–Crippen LogP) is 3.78. The Bertz CT molecular complexity index is 902. The van der Waals surface area contributed by atoms with Crippen LogP contribution in [0.2, 0.25) is 0 Å². The Hall–Kier alpha value is -3.28. The molecule has 0 aliphatic rings. The number of esters is 1. The van der Waals surface area contributed by atoms with Gasteiger partial charge in [-0.2, -0.15) is 0 Å². The van der Waals surface area contributed by atoms with E-state index in [1.165, 1.54) is 7.11 Å². The second kappa shape index (κ2) is 7.09. The van der Waals surface area contributed by atoms with Gasteiger partial charge in [-0.15, -0.1) is 0 Å². The molecule has 1 heterocycles. The number of anilines is 2. The summed E-state index contributed by atoms with van der Waals surface area (Å²) in [6, 6.07) is 14.7. The molecule has 0 fully saturated rings. The Morgan fingerprint density at radius 2 is 1.64 bits per heavy atom. The van der Waals surface area contributed by atoms with E-state index in [0.717, 1.165) is 16.8 Å². The summed E-state index contributed by atoms with van der Waals surface area (Å²) in [6.45, 7) is 0. The molecule has 25 heavy (non-hydrogen) atoms. The number of aromatic nitrogens is 1. The molecule has 1 N–H and O–H groups in total. The highest BCUT2D eigenvalue weighted by molar-refractivity contribution is 5.98. The molecule has 0 spiro atoms. The molecule has 0 saturated carbocycles. The number of nitrogens with one attached hydrogen (secondary N) is 1. The summed E-state index contributed by atoms with van der Waals surface area (Å²) in [6.07, 6.45) is 0. The van der Waals surface area contributed by atoms with E-state index in [0.29, 0.717) is 17.0 Å². The quantitative estimate of drug-likeness (QED) is 0.714. The molecule has 6 nitrogen and oxygen atoms in total. The third kappa shape index (κ3) is 3.47. The SMILES string of the molecule is COC(=O)c1cc(Nc2cc(OC)cc(OC)c2)c2ccccc2n1. The zero-order chi connectivity index (χ0) is 17.8. The second-order valence-corrected chi connectivity index (χ2v) is 5.29. The minimum atomic E-state index is -0.489. The number of carbonyl (C=O) groups excluding carboxylic acids is 1. The third-order valence-corrected chi connectivity index (χ3v) is 3.74. The van der Waals surface area contributed by atoms with E-state index in [-0.39, 0.29) is 5.69 Å². The molecule has 2 aromatic carbocycles. The number of hydrogen-bond acceptors (Lipinski definition) is 6. The average Bonchev–Trinajstić information content (AvgIpc) is 2.66. The molecule has 3 rings (SSSR count). The maximum Gasteiger partial charge on any atom is 0.356 e. The molecule has 0 amide bonds. The van der Waals surface area contributed by atoms with Crippen LogP contribution in [0.1, 0.15) is 10.5 Å². The number of nitrogens with zero attached hydrogens (tertiary/aromatic N) is 1. The number of pyridine rings is 1. The van der Waals surface area contributed by atoms with Gasteiger partial charge in [-0.25, -0.2) is 9.78 Å². The van der Waals surface area contributed by atoms with Gasteiger partial charge in [-0.1, -0.05) is 18.2 Å². The fraction of sp³-hybridized carbons (Fsp3) is 0.158. The molecule has 128 valence electrons. The summed E-state index contributed by atoms with van der Waals surface area (Å²) in [5.41, 5.74) is 2.44. The largest absolute Gasteiger partial charge is 0.497 e. The monoisotopic (exact) mass is 338 g/mol. The standard InChI is InChI=1S/C19H18N2O4/c1-23-13-8-12(9-14(10-13)24-2)20-17-11-18(19(22)25-3)21-16-7-5-4-6-15(16)17/h4-11H,1-3H3,(H,20,21). The fourth-order valence-electron chi connectivity index (χ4n) is 2.52. The summed E-state index contributed by atoms with van der Waals surface area (Å²) < 4.78 is 15.4. The molecular formula is C19H18N2O4. The van der Waals surface area contributed by atoms with E-state index in [2.05, 4.69) is 10.3 Å². The van der Waals surface area contributed by atoms with Crippen molar-refractivity contribution in [3.05, 3.63) is 54.2 Å². The van der Waals surface area contributed by atoms with Crippen LogP contribution in [0.3, 0.4) is 0 Å². The van der Waals surface area contributed by atoms with E-state index in [9.17, 15) is 4.79 Å². The molecule has 0 saturated heterocycles. The van der Waals surface area contributed by atoms with Crippen molar-refractivity contribution < 1.29 is 19.0 Å². The molecule has 0 aliphatic carbocycles. The lowest BCUT2D eigenvalue weighted by Gasteiger charge is -2.13. The fourth-order valence-corrected chi connectivity index (χ4v) is 2.52. The first-order valence-electron chi connectivity index (χ1n) is 7.63. The van der Waals surface area contributed by atoms with Crippen molar-refractivity contribution in [2.45, 2.75) is 0 Å². The van der Waals surface area contributed by atoms with Gasteiger partial charge in [0.15, 0.2) is 5.69 Å². The minimum absolute atomic E-state index is 0.235. The van der Waals surface area contributed by atoms with Crippen LogP contribution in [-0.2, 0) is 4.74 Å². The summed E-state index contributed by atoms with van der Waals surface area (Å²) in [5.74, 6) is 0.832. The molecule has 6 heteroatoms. The maximum absolute atomic E-state index is 11.9. The molecule has 0 atom stereocenters. The highest BCUT2D eigenvalue weighted by Crippen LogP contribution is 2.31. The lowest BCUT2D eigenvalue weighted by molar-refractivity contribution is 0.0594. The molecule has 3 aromatic rings. The van der Waals surface area contributed by atoms with Gasteiger partial charge in [-0.3, -0.25) is 0 Å². The molecule has 0 radical (unpaired) electrons. The van der Waals surface area contributed by atoms with Gasteiger partial charge in [-0.05, 0) is 12.1 Å². The first kappa shape index (κ1) is 16.6. The van der Waals surface area contributed by atoms with E-state index >= 15 is 0 Å². The Balaban J connectivity index is 2.10. The van der Waals surface area contributed by atoms with Gasteiger partial charge < -0.3 is 19.5 Å². The number of rotatable bonds is 5. The van der Waals surface area contributed by atoms with Gasteiger partial charge in [0.1, 0.15) is 11.5 Å². The van der Waals surface area contributed by atoms with Crippen molar-refractivity contribution in [3.8, 4) is 11.5 Å². The molecular weight excluding hydrogens is 320 g/mol. The van der Waals surface area contributed by atoms with Gasteiger partial charge in [0.2, 0.25) is 0 Å². The van der Waals surface area contributed by atoms with Crippen LogP contribution in [-0.4, -0.2) is 32.3 Å². The normalized spacial score (nSPS) is 10.4. The van der Waals surface area contributed by atoms with Crippen molar-refractivity contribution in [2.24, 2.45) is 0 Å². The van der Waals surface area contributed by atoms with Gasteiger partial charge in [0, 0.05) is 29.3 Å². The number of fused-ring (bicyclic) bond motifs is 1. The van der Waals surface area contributed by atoms with Crippen LogP contribution >= 0.6 is 0 Å². The average molecular weight is 338 g/mol. The van der Waals surface area contributed by atoms with Crippen molar-refractivity contribution in [1.82, 2.24) is 4.98 Å². The molecule has 0 bridgehead atoms. The molecule has 1 aromatic heterocycles. The summed E-state index contributed by atoms with van der Waals surface area (Å²) >= 11 is 0.